The summed E-state index contributed by atoms with van der Waals surface area (Å²) in [5.74, 6) is 1.40. The summed E-state index contributed by atoms with van der Waals surface area (Å²) in [5.41, 5.74) is 0.00757. The van der Waals surface area contributed by atoms with E-state index in [9.17, 15) is 13.2 Å². The summed E-state index contributed by atoms with van der Waals surface area (Å²) in [6.07, 6.45) is 7.19. The summed E-state index contributed by atoms with van der Waals surface area (Å²) in [6, 6.07) is 0. The lowest BCUT2D eigenvalue weighted by Gasteiger charge is -2.02. The fraction of sp³-hybridized carbons (Fsp3) is 0.333. The molecule has 0 fully saturated rings. The van der Waals surface area contributed by atoms with Gasteiger partial charge in [-0.1, -0.05) is 5.92 Å². The van der Waals surface area contributed by atoms with Crippen LogP contribution in [-0.2, 0) is 17.2 Å². The minimum absolute atomic E-state index is 0.00757. The molecular weight excluding hydrogens is 246 g/mol. The first-order valence-corrected chi connectivity index (χ1v) is 6.30. The van der Waals surface area contributed by atoms with Crippen molar-refractivity contribution in [1.82, 2.24) is 15.1 Å². The number of hydrogen-bond donors (Lipinski definition) is 1. The van der Waals surface area contributed by atoms with Crippen LogP contribution in [-0.4, -0.2) is 36.9 Å². The highest BCUT2D eigenvalue weighted by Crippen LogP contribution is 2.16. The minimum atomic E-state index is -3.74. The molecule has 1 rings (SSSR count). The van der Waals surface area contributed by atoms with Gasteiger partial charge in [0, 0.05) is 13.2 Å². The molecule has 1 heterocycles. The zero-order valence-electron chi connectivity index (χ0n) is 9.30. The zero-order chi connectivity index (χ0) is 13.1. The van der Waals surface area contributed by atoms with Gasteiger partial charge in [0.2, 0.25) is 0 Å². The number of rotatable bonds is 4. The Bertz CT molecular complexity index is 568. The van der Waals surface area contributed by atoms with Crippen LogP contribution in [0.25, 0.3) is 0 Å². The second kappa shape index (κ2) is 4.88. The lowest BCUT2D eigenvalue weighted by atomic mass is 10.3. The zero-order valence-corrected chi connectivity index (χ0v) is 10.1. The molecule has 0 aromatic carbocycles. The summed E-state index contributed by atoms with van der Waals surface area (Å²) < 4.78 is 27.8. The maximum Gasteiger partial charge on any atom is 0.307 e. The van der Waals surface area contributed by atoms with Crippen LogP contribution in [0, 0.1) is 12.3 Å². The lowest BCUT2D eigenvalue weighted by Crippen LogP contribution is -2.24. The van der Waals surface area contributed by atoms with E-state index in [1.807, 2.05) is 0 Å². The second-order valence-electron chi connectivity index (χ2n) is 3.20. The van der Waals surface area contributed by atoms with Gasteiger partial charge in [-0.15, -0.1) is 11.5 Å². The van der Waals surface area contributed by atoms with Crippen LogP contribution in [0.3, 0.4) is 0 Å². The van der Waals surface area contributed by atoms with E-state index < -0.39 is 16.0 Å². The molecule has 17 heavy (non-hydrogen) atoms. The van der Waals surface area contributed by atoms with Gasteiger partial charge in [-0.25, -0.2) is 0 Å². The Morgan fingerprint density at radius 1 is 1.71 bits per heavy atom. The van der Waals surface area contributed by atoms with Crippen molar-refractivity contribution in [2.45, 2.75) is 0 Å². The van der Waals surface area contributed by atoms with Gasteiger partial charge in [0.25, 0.3) is 11.8 Å². The maximum atomic E-state index is 11.6. The number of carbonyl (C=O) groups is 1. The van der Waals surface area contributed by atoms with Gasteiger partial charge in [-0.2, -0.15) is 8.42 Å². The molecule has 0 atom stereocenters. The molecule has 0 radical (unpaired) electrons. The van der Waals surface area contributed by atoms with E-state index in [0.29, 0.717) is 0 Å². The Kier molecular flexibility index (Phi) is 3.75. The molecule has 7 nitrogen and oxygen atoms in total. The van der Waals surface area contributed by atoms with Gasteiger partial charge in [0.1, 0.15) is 5.56 Å². The third kappa shape index (κ3) is 3.81. The summed E-state index contributed by atoms with van der Waals surface area (Å²) in [6.45, 7) is 0.0338. The fourth-order valence-corrected chi connectivity index (χ4v) is 1.47. The smallest absolute Gasteiger partial charge is 0.307 e. The number of aryl methyl sites for hydroxylation is 1. The molecule has 1 aromatic rings. The quantitative estimate of drug-likeness (QED) is 0.559. The Balaban J connectivity index is 3.00. The summed E-state index contributed by atoms with van der Waals surface area (Å²) in [7, 11) is -2.20. The van der Waals surface area contributed by atoms with E-state index in [1.165, 1.54) is 17.9 Å². The van der Waals surface area contributed by atoms with E-state index in [4.69, 9.17) is 6.42 Å². The molecule has 8 heteroatoms. The number of hydrogen-bond acceptors (Lipinski definition) is 5. The number of carbonyl (C=O) groups excluding carboxylic acids is 1. The third-order valence-corrected chi connectivity index (χ3v) is 2.08. The fourth-order valence-electron chi connectivity index (χ4n) is 1.06. The molecule has 0 aliphatic rings. The second-order valence-corrected chi connectivity index (χ2v) is 4.77. The van der Waals surface area contributed by atoms with Gasteiger partial charge < -0.3 is 9.50 Å². The number of nitrogens with zero attached hydrogens (tertiary/aromatic N) is 2. The van der Waals surface area contributed by atoms with Crippen LogP contribution in [0.1, 0.15) is 10.4 Å². The third-order valence-electron chi connectivity index (χ3n) is 1.62. The van der Waals surface area contributed by atoms with Crippen molar-refractivity contribution in [3.63, 3.8) is 0 Å². The molecular formula is C9H11N3O4S. The normalized spacial score (nSPS) is 10.6. The van der Waals surface area contributed by atoms with Gasteiger partial charge in [-0.3, -0.25) is 9.48 Å². The first-order chi connectivity index (χ1) is 7.83. The molecule has 0 unspecified atom stereocenters. The van der Waals surface area contributed by atoms with Crippen molar-refractivity contribution >= 4 is 16.0 Å². The van der Waals surface area contributed by atoms with Gasteiger partial charge in [0.05, 0.1) is 12.8 Å². The highest BCUT2D eigenvalue weighted by Gasteiger charge is 2.19. The van der Waals surface area contributed by atoms with Crippen molar-refractivity contribution in [2.24, 2.45) is 7.05 Å². The van der Waals surface area contributed by atoms with Crippen LogP contribution < -0.4 is 9.50 Å². The first kappa shape index (κ1) is 13.1. The summed E-state index contributed by atoms with van der Waals surface area (Å²) in [4.78, 5) is 11.6. The average Bonchev–Trinajstić information content (AvgIpc) is 2.53. The van der Waals surface area contributed by atoms with Crippen LogP contribution in [0.4, 0.5) is 0 Å². The standard InChI is InChI=1S/C9H11N3O4S/c1-4-5-10-8(13)7-6-12(2)11-9(7)16-17(3,14)15/h1,6H,5H2,2-3H3,(H,10,13). The van der Waals surface area contributed by atoms with Gasteiger partial charge >= 0.3 is 10.1 Å². The summed E-state index contributed by atoms with van der Waals surface area (Å²) in [5, 5.41) is 6.11. The predicted octanol–water partition coefficient (Wildman–Crippen LogP) is -0.878. The Morgan fingerprint density at radius 3 is 2.88 bits per heavy atom. The van der Waals surface area contributed by atoms with Gasteiger partial charge in [-0.05, 0) is 0 Å². The van der Waals surface area contributed by atoms with Crippen molar-refractivity contribution in [2.75, 3.05) is 12.8 Å². The molecule has 1 aromatic heterocycles. The average molecular weight is 257 g/mol. The number of terminal acetylenes is 1. The molecule has 0 spiro atoms. The predicted molar refractivity (Wildman–Crippen MR) is 59.8 cm³/mol. The molecule has 0 aliphatic carbocycles. The molecule has 1 amide bonds. The molecule has 0 saturated heterocycles. The Morgan fingerprint density at radius 2 is 2.35 bits per heavy atom. The van der Waals surface area contributed by atoms with Gasteiger partial charge in [0.15, 0.2) is 0 Å². The minimum Gasteiger partial charge on any atom is -0.359 e. The van der Waals surface area contributed by atoms with Crippen LogP contribution >= 0.6 is 0 Å². The largest absolute Gasteiger partial charge is 0.359 e. The highest BCUT2D eigenvalue weighted by molar-refractivity contribution is 7.86. The van der Waals surface area contributed by atoms with E-state index in [1.54, 1.807) is 0 Å². The Hall–Kier alpha value is -2.01. The SMILES string of the molecule is C#CCNC(=O)c1cn(C)nc1OS(C)(=O)=O. The molecule has 0 aliphatic heterocycles. The molecule has 0 saturated carbocycles. The molecule has 92 valence electrons. The number of amides is 1. The Labute approximate surface area is 98.9 Å². The maximum absolute atomic E-state index is 11.6. The van der Waals surface area contributed by atoms with Crippen molar-refractivity contribution in [3.05, 3.63) is 11.8 Å². The summed E-state index contributed by atoms with van der Waals surface area (Å²) >= 11 is 0. The van der Waals surface area contributed by atoms with Crippen LogP contribution in [0.5, 0.6) is 5.88 Å². The van der Waals surface area contributed by atoms with Crippen LogP contribution in [0.2, 0.25) is 0 Å². The van der Waals surface area contributed by atoms with E-state index in [0.717, 1.165) is 6.26 Å². The van der Waals surface area contributed by atoms with Crippen molar-refractivity contribution < 1.29 is 17.4 Å². The highest BCUT2D eigenvalue weighted by atomic mass is 32.2. The topological polar surface area (TPSA) is 90.3 Å². The van der Waals surface area contributed by atoms with E-state index in [2.05, 4.69) is 20.5 Å². The van der Waals surface area contributed by atoms with Crippen molar-refractivity contribution in [1.29, 1.82) is 0 Å². The number of nitrogens with one attached hydrogen (secondary N) is 1. The van der Waals surface area contributed by atoms with Crippen molar-refractivity contribution in [3.8, 4) is 18.2 Å². The molecule has 1 N–H and O–H groups in total. The lowest BCUT2D eigenvalue weighted by molar-refractivity contribution is 0.0957. The van der Waals surface area contributed by atoms with E-state index >= 15 is 0 Å². The van der Waals surface area contributed by atoms with E-state index in [-0.39, 0.29) is 18.0 Å². The monoisotopic (exact) mass is 257 g/mol. The molecule has 0 bridgehead atoms. The number of aromatic nitrogens is 2. The first-order valence-electron chi connectivity index (χ1n) is 4.48. The van der Waals surface area contributed by atoms with Crippen LogP contribution in [0.15, 0.2) is 6.20 Å².